The van der Waals surface area contributed by atoms with Crippen molar-refractivity contribution < 1.29 is 19.1 Å². The molecule has 2 amide bonds. The number of piperidine rings is 1. The lowest BCUT2D eigenvalue weighted by molar-refractivity contribution is 0.0708. The standard InChI is InChI=1S/C26H30N4O4/c1-33-23-7-5-6-20(24(23)34-2)25(31)29-13-8-18(9-14-29)19-10-15-30-22(16-19)21(17-27-30)26(32)28-11-3-4-12-28/h5-7,10,15-18H,3-4,8-9,11-14H2,1-2H3. The van der Waals surface area contributed by atoms with Crippen molar-refractivity contribution in [1.82, 2.24) is 19.4 Å². The summed E-state index contributed by atoms with van der Waals surface area (Å²) in [4.78, 5) is 30.0. The molecule has 8 heteroatoms. The van der Waals surface area contributed by atoms with Gasteiger partial charge in [-0.15, -0.1) is 0 Å². The maximum atomic E-state index is 13.2. The molecule has 0 bridgehead atoms. The number of para-hydroxylation sites is 1. The van der Waals surface area contributed by atoms with Gasteiger partial charge in [0, 0.05) is 32.4 Å². The van der Waals surface area contributed by atoms with Crippen LogP contribution in [0.3, 0.4) is 0 Å². The SMILES string of the molecule is COc1cccc(C(=O)N2CCC(c3ccn4ncc(C(=O)N5CCCC5)c4c3)CC2)c1OC. The van der Waals surface area contributed by atoms with Crippen molar-refractivity contribution in [3.05, 3.63) is 59.4 Å². The van der Waals surface area contributed by atoms with Gasteiger partial charge in [-0.2, -0.15) is 5.10 Å². The number of hydrogen-bond donors (Lipinski definition) is 0. The number of benzene rings is 1. The van der Waals surface area contributed by atoms with E-state index in [1.165, 1.54) is 5.56 Å². The first-order chi connectivity index (χ1) is 16.6. The number of pyridine rings is 1. The highest BCUT2D eigenvalue weighted by Gasteiger charge is 2.28. The first kappa shape index (κ1) is 22.3. The number of likely N-dealkylation sites (tertiary alicyclic amines) is 2. The van der Waals surface area contributed by atoms with E-state index in [1.54, 1.807) is 37.1 Å². The average Bonchev–Trinajstić information content (AvgIpc) is 3.57. The minimum absolute atomic E-state index is 0.0426. The Bertz CT molecular complexity index is 1210. The second-order valence-electron chi connectivity index (χ2n) is 8.95. The first-order valence-electron chi connectivity index (χ1n) is 11.9. The van der Waals surface area contributed by atoms with Gasteiger partial charge < -0.3 is 19.3 Å². The predicted octanol–water partition coefficient (Wildman–Crippen LogP) is 3.61. The summed E-state index contributed by atoms with van der Waals surface area (Å²) in [5.74, 6) is 1.37. The van der Waals surface area contributed by atoms with Crippen LogP contribution in [0.4, 0.5) is 0 Å². The van der Waals surface area contributed by atoms with Crippen molar-refractivity contribution >= 4 is 17.3 Å². The summed E-state index contributed by atoms with van der Waals surface area (Å²) < 4.78 is 12.6. The number of methoxy groups -OCH3 is 2. The molecule has 3 aromatic rings. The number of aromatic nitrogens is 2. The van der Waals surface area contributed by atoms with Crippen molar-refractivity contribution in [1.29, 1.82) is 0 Å². The molecular weight excluding hydrogens is 432 g/mol. The molecule has 2 aromatic heterocycles. The van der Waals surface area contributed by atoms with E-state index in [2.05, 4.69) is 17.2 Å². The molecule has 1 aromatic carbocycles. The molecule has 0 unspecified atom stereocenters. The zero-order valence-corrected chi connectivity index (χ0v) is 19.7. The van der Waals surface area contributed by atoms with Gasteiger partial charge in [0.2, 0.25) is 0 Å². The van der Waals surface area contributed by atoms with E-state index in [4.69, 9.17) is 9.47 Å². The van der Waals surface area contributed by atoms with Crippen LogP contribution in [0.2, 0.25) is 0 Å². The Morgan fingerprint density at radius 3 is 2.32 bits per heavy atom. The number of hydrogen-bond acceptors (Lipinski definition) is 5. The fourth-order valence-corrected chi connectivity index (χ4v) is 5.15. The highest BCUT2D eigenvalue weighted by Crippen LogP contribution is 2.34. The van der Waals surface area contributed by atoms with Crippen LogP contribution in [0.15, 0.2) is 42.7 Å². The van der Waals surface area contributed by atoms with Crippen LogP contribution in [0.1, 0.15) is 57.9 Å². The van der Waals surface area contributed by atoms with Crippen molar-refractivity contribution in [3.63, 3.8) is 0 Å². The van der Waals surface area contributed by atoms with Crippen molar-refractivity contribution in [2.45, 2.75) is 31.6 Å². The molecule has 4 heterocycles. The normalized spacial score (nSPS) is 16.8. The molecule has 0 atom stereocenters. The number of carbonyl (C=O) groups excluding carboxylic acids is 2. The molecule has 0 aliphatic carbocycles. The number of amides is 2. The number of ether oxygens (including phenoxy) is 2. The Labute approximate surface area is 199 Å². The zero-order valence-electron chi connectivity index (χ0n) is 19.7. The third-order valence-electron chi connectivity index (χ3n) is 7.06. The van der Waals surface area contributed by atoms with Crippen molar-refractivity contribution in [3.8, 4) is 11.5 Å². The summed E-state index contributed by atoms with van der Waals surface area (Å²) >= 11 is 0. The van der Waals surface area contributed by atoms with Gasteiger partial charge in [-0.25, -0.2) is 4.52 Å². The molecular formula is C26H30N4O4. The lowest BCUT2D eigenvalue weighted by Gasteiger charge is -2.32. The monoisotopic (exact) mass is 462 g/mol. The van der Waals surface area contributed by atoms with E-state index in [-0.39, 0.29) is 11.8 Å². The Morgan fingerprint density at radius 2 is 1.62 bits per heavy atom. The first-order valence-corrected chi connectivity index (χ1v) is 11.9. The minimum Gasteiger partial charge on any atom is -0.493 e. The smallest absolute Gasteiger partial charge is 0.257 e. The molecule has 0 radical (unpaired) electrons. The average molecular weight is 463 g/mol. The number of fused-ring (bicyclic) bond motifs is 1. The van der Waals surface area contributed by atoms with E-state index in [9.17, 15) is 9.59 Å². The molecule has 2 aliphatic heterocycles. The molecule has 0 N–H and O–H groups in total. The lowest BCUT2D eigenvalue weighted by Crippen LogP contribution is -2.38. The van der Waals surface area contributed by atoms with E-state index >= 15 is 0 Å². The maximum Gasteiger partial charge on any atom is 0.257 e. The van der Waals surface area contributed by atoms with E-state index < -0.39 is 0 Å². The second kappa shape index (κ2) is 9.37. The van der Waals surface area contributed by atoms with Gasteiger partial charge in [0.15, 0.2) is 11.5 Å². The van der Waals surface area contributed by atoms with Gasteiger partial charge >= 0.3 is 0 Å². The van der Waals surface area contributed by atoms with Gasteiger partial charge in [0.25, 0.3) is 11.8 Å². The third kappa shape index (κ3) is 3.97. The molecule has 8 nitrogen and oxygen atoms in total. The highest BCUT2D eigenvalue weighted by molar-refractivity contribution is 6.01. The van der Waals surface area contributed by atoms with Gasteiger partial charge in [-0.3, -0.25) is 9.59 Å². The fraction of sp³-hybridized carbons (Fsp3) is 0.423. The highest BCUT2D eigenvalue weighted by atomic mass is 16.5. The van der Waals surface area contributed by atoms with Crippen LogP contribution < -0.4 is 9.47 Å². The molecule has 2 saturated heterocycles. The van der Waals surface area contributed by atoms with Gasteiger partial charge in [0.05, 0.1) is 37.1 Å². The van der Waals surface area contributed by atoms with E-state index in [1.807, 2.05) is 22.1 Å². The molecule has 0 saturated carbocycles. The number of rotatable bonds is 5. The summed E-state index contributed by atoms with van der Waals surface area (Å²) in [6.07, 6.45) is 7.46. The molecule has 34 heavy (non-hydrogen) atoms. The van der Waals surface area contributed by atoms with Crippen molar-refractivity contribution in [2.24, 2.45) is 0 Å². The largest absolute Gasteiger partial charge is 0.493 e. The molecule has 0 spiro atoms. The number of carbonyl (C=O) groups is 2. The van der Waals surface area contributed by atoms with Gasteiger partial charge in [-0.05, 0) is 61.4 Å². The summed E-state index contributed by atoms with van der Waals surface area (Å²) in [5, 5.41) is 4.39. The van der Waals surface area contributed by atoms with Crippen LogP contribution >= 0.6 is 0 Å². The maximum absolute atomic E-state index is 13.2. The predicted molar refractivity (Wildman–Crippen MR) is 128 cm³/mol. The molecule has 178 valence electrons. The minimum atomic E-state index is -0.0426. The van der Waals surface area contributed by atoms with Crippen LogP contribution in [0, 0.1) is 0 Å². The second-order valence-corrected chi connectivity index (χ2v) is 8.95. The van der Waals surface area contributed by atoms with Gasteiger partial charge in [0.1, 0.15) is 0 Å². The molecule has 2 aliphatic rings. The number of nitrogens with zero attached hydrogens (tertiary/aromatic N) is 4. The summed E-state index contributed by atoms with van der Waals surface area (Å²) in [7, 11) is 3.12. The van der Waals surface area contributed by atoms with E-state index in [0.29, 0.717) is 41.6 Å². The Morgan fingerprint density at radius 1 is 0.912 bits per heavy atom. The van der Waals surface area contributed by atoms with E-state index in [0.717, 1.165) is 44.3 Å². The molecule has 5 rings (SSSR count). The van der Waals surface area contributed by atoms with Crippen LogP contribution in [-0.4, -0.2) is 71.6 Å². The quantitative estimate of drug-likeness (QED) is 0.579. The van der Waals surface area contributed by atoms with Crippen LogP contribution in [0.5, 0.6) is 11.5 Å². The van der Waals surface area contributed by atoms with Crippen molar-refractivity contribution in [2.75, 3.05) is 40.4 Å². The third-order valence-corrected chi connectivity index (χ3v) is 7.06. The Kier molecular flexibility index (Phi) is 6.13. The molecule has 2 fully saturated rings. The summed E-state index contributed by atoms with van der Waals surface area (Å²) in [6.45, 7) is 2.96. The van der Waals surface area contributed by atoms with Crippen LogP contribution in [-0.2, 0) is 0 Å². The van der Waals surface area contributed by atoms with Gasteiger partial charge in [-0.1, -0.05) is 6.07 Å². The fourth-order valence-electron chi connectivity index (χ4n) is 5.15. The Balaban J connectivity index is 1.31. The van der Waals surface area contributed by atoms with Crippen LogP contribution in [0.25, 0.3) is 5.52 Å². The lowest BCUT2D eigenvalue weighted by atomic mass is 9.89. The zero-order chi connectivity index (χ0) is 23.7. The summed E-state index contributed by atoms with van der Waals surface area (Å²) in [6, 6.07) is 9.56. The summed E-state index contributed by atoms with van der Waals surface area (Å²) in [5.41, 5.74) is 3.23. The Hall–Kier alpha value is -3.55. The topological polar surface area (TPSA) is 76.4 Å².